The second-order valence-electron chi connectivity index (χ2n) is 4.92. The maximum atomic E-state index is 13.3. The molecule has 2 aromatic rings. The summed E-state index contributed by atoms with van der Waals surface area (Å²) in [5.74, 6) is -0.0654. The molecule has 0 aliphatic heterocycles. The van der Waals surface area contributed by atoms with Crippen LogP contribution in [0.1, 0.15) is 22.8 Å². The normalized spacial score (nSPS) is 14.9. The van der Waals surface area contributed by atoms with Gasteiger partial charge in [0.15, 0.2) is 5.78 Å². The van der Waals surface area contributed by atoms with Gasteiger partial charge in [-0.1, -0.05) is 29.8 Å². The topological polar surface area (TPSA) is 63.6 Å². The smallest absolute Gasteiger partial charge is 0.159 e. The van der Waals surface area contributed by atoms with E-state index >= 15 is 0 Å². The van der Waals surface area contributed by atoms with Crippen LogP contribution >= 0.6 is 0 Å². The fourth-order valence-corrected chi connectivity index (χ4v) is 5.12. The van der Waals surface area contributed by atoms with Gasteiger partial charge in [-0.25, -0.2) is 8.42 Å². The van der Waals surface area contributed by atoms with Crippen LogP contribution in [-0.2, 0) is 20.7 Å². The average molecular weight is 335 g/mol. The summed E-state index contributed by atoms with van der Waals surface area (Å²) < 4.78 is 28.9. The Morgan fingerprint density at radius 1 is 1.00 bits per heavy atom. The van der Waals surface area contributed by atoms with Crippen molar-refractivity contribution < 1.29 is 13.2 Å². The quantitative estimate of drug-likeness (QED) is 0.805. The van der Waals surface area contributed by atoms with Gasteiger partial charge in [0, 0.05) is 11.8 Å². The molecule has 0 saturated heterocycles. The number of rotatable bonds is 4. The van der Waals surface area contributed by atoms with Crippen molar-refractivity contribution in [3.63, 3.8) is 0 Å². The second-order valence-corrected chi connectivity index (χ2v) is 8.36. The first-order valence-electron chi connectivity index (χ1n) is 6.61. The van der Waals surface area contributed by atoms with E-state index in [9.17, 15) is 13.2 Å². The molecule has 2 atom stereocenters. The molecule has 0 heterocycles. The van der Waals surface area contributed by atoms with Crippen molar-refractivity contribution in [2.45, 2.75) is 23.6 Å². The number of carbonyl (C=O) groups is 1. The van der Waals surface area contributed by atoms with Gasteiger partial charge in [-0.3, -0.25) is 4.79 Å². The van der Waals surface area contributed by atoms with Crippen LogP contribution in [0, 0.1) is 6.92 Å². The lowest BCUT2D eigenvalue weighted by molar-refractivity contribution is 0.101. The molecule has 0 amide bonds. The molecular formula is C16H17NO3S2. The van der Waals surface area contributed by atoms with E-state index < -0.39 is 20.7 Å². The largest absolute Gasteiger partial charge is 0.295 e. The first-order valence-corrected chi connectivity index (χ1v) is 9.64. The van der Waals surface area contributed by atoms with Crippen LogP contribution < -0.4 is 0 Å². The highest BCUT2D eigenvalue weighted by molar-refractivity contribution is 8.00. The molecule has 0 aliphatic rings. The van der Waals surface area contributed by atoms with Gasteiger partial charge >= 0.3 is 0 Å². The van der Waals surface area contributed by atoms with Gasteiger partial charge in [0.1, 0.15) is 20.7 Å². The summed E-state index contributed by atoms with van der Waals surface area (Å²) in [6.45, 7) is 3.40. The van der Waals surface area contributed by atoms with Crippen molar-refractivity contribution in [3.8, 4) is 0 Å². The summed E-state index contributed by atoms with van der Waals surface area (Å²) >= 11 is 0. The maximum Gasteiger partial charge on any atom is 0.159 e. The summed E-state index contributed by atoms with van der Waals surface area (Å²) in [5, 5.41) is 0. The van der Waals surface area contributed by atoms with E-state index in [-0.39, 0.29) is 5.78 Å². The molecule has 2 unspecified atom stereocenters. The Balaban J connectivity index is 2.65. The summed E-state index contributed by atoms with van der Waals surface area (Å²) in [5.41, 5.74) is 1.57. The molecule has 2 aromatic carbocycles. The van der Waals surface area contributed by atoms with E-state index in [1.165, 1.54) is 13.2 Å². The van der Waals surface area contributed by atoms with Crippen LogP contribution in [0.25, 0.3) is 0 Å². The highest BCUT2D eigenvalue weighted by Crippen LogP contribution is 2.25. The fraction of sp³-hybridized carbons (Fsp3) is 0.188. The summed E-state index contributed by atoms with van der Waals surface area (Å²) in [4.78, 5) is 12.3. The Morgan fingerprint density at radius 2 is 1.45 bits per heavy atom. The van der Waals surface area contributed by atoms with Gasteiger partial charge in [0.05, 0.1) is 9.79 Å². The minimum atomic E-state index is -2.99. The monoisotopic (exact) mass is 335 g/mol. The van der Waals surface area contributed by atoms with Crippen molar-refractivity contribution in [1.29, 1.82) is 0 Å². The summed E-state index contributed by atoms with van der Waals surface area (Å²) in [7, 11) is -4.56. The highest BCUT2D eigenvalue weighted by Gasteiger charge is 2.17. The first-order chi connectivity index (χ1) is 10.3. The minimum absolute atomic E-state index is 0.0654. The van der Waals surface area contributed by atoms with E-state index in [0.717, 1.165) is 5.56 Å². The number of carbonyl (C=O) groups excluding carboxylic acids is 1. The van der Waals surface area contributed by atoms with Crippen LogP contribution in [-0.4, -0.2) is 20.5 Å². The third-order valence-corrected chi connectivity index (χ3v) is 6.63. The molecule has 2 rings (SSSR count). The molecule has 6 heteroatoms. The fourth-order valence-electron chi connectivity index (χ4n) is 1.97. The summed E-state index contributed by atoms with van der Waals surface area (Å²) in [6.07, 6.45) is 1.39. The molecule has 0 radical (unpaired) electrons. The number of aryl methyl sites for hydroxylation is 1. The molecule has 22 heavy (non-hydrogen) atoms. The zero-order valence-corrected chi connectivity index (χ0v) is 14.2. The number of hydrogen-bond donors (Lipinski definition) is 0. The van der Waals surface area contributed by atoms with Crippen molar-refractivity contribution in [1.82, 2.24) is 0 Å². The van der Waals surface area contributed by atoms with E-state index in [1.54, 1.807) is 36.4 Å². The third kappa shape index (κ3) is 3.51. The summed E-state index contributed by atoms with van der Waals surface area (Å²) in [6, 6.07) is 13.6. The van der Waals surface area contributed by atoms with E-state index in [4.69, 9.17) is 0 Å². The van der Waals surface area contributed by atoms with Crippen LogP contribution in [0.4, 0.5) is 0 Å². The molecule has 0 bridgehead atoms. The third-order valence-electron chi connectivity index (χ3n) is 3.13. The van der Waals surface area contributed by atoms with Crippen LogP contribution in [0.15, 0.2) is 62.1 Å². The van der Waals surface area contributed by atoms with Gasteiger partial charge in [0.2, 0.25) is 0 Å². The number of nitrogens with zero attached hydrogens (tertiary/aromatic N) is 1. The number of hydrogen-bond acceptors (Lipinski definition) is 3. The Bertz CT molecular complexity index is 831. The zero-order chi connectivity index (χ0) is 16.3. The molecule has 116 valence electrons. The maximum absolute atomic E-state index is 13.3. The molecule has 0 fully saturated rings. The molecule has 0 spiro atoms. The molecule has 4 nitrogen and oxygen atoms in total. The Morgan fingerprint density at radius 3 is 1.86 bits per heavy atom. The Labute approximate surface area is 133 Å². The molecular weight excluding hydrogens is 318 g/mol. The van der Waals surface area contributed by atoms with E-state index in [1.807, 2.05) is 19.1 Å². The average Bonchev–Trinajstić information content (AvgIpc) is 2.47. The highest BCUT2D eigenvalue weighted by atomic mass is 32.3. The molecule has 0 N–H and O–H groups in total. The van der Waals surface area contributed by atoms with E-state index in [0.29, 0.717) is 15.4 Å². The lowest BCUT2D eigenvalue weighted by Gasteiger charge is -2.11. The lowest BCUT2D eigenvalue weighted by atomic mass is 10.2. The number of Topliss-reactive ketones (excluding diaryl/α,β-unsaturated/α-hetero) is 1. The van der Waals surface area contributed by atoms with Gasteiger partial charge in [-0.05, 0) is 38.1 Å². The molecule has 0 aromatic heterocycles. The SMILES string of the molecule is CC(=O)c1ccc(S(=O)(=NS(C)=O)c2ccc(C)cc2)cc1. The minimum Gasteiger partial charge on any atom is -0.295 e. The lowest BCUT2D eigenvalue weighted by Crippen LogP contribution is -2.04. The number of benzene rings is 2. The molecule has 0 aliphatic carbocycles. The predicted octanol–water partition coefficient (Wildman–Crippen LogP) is 3.38. The van der Waals surface area contributed by atoms with Crippen LogP contribution in [0.5, 0.6) is 0 Å². The molecule has 0 saturated carbocycles. The second kappa shape index (κ2) is 6.54. The Kier molecular flexibility index (Phi) is 4.93. The Hall–Kier alpha value is -1.79. The zero-order valence-electron chi connectivity index (χ0n) is 12.6. The van der Waals surface area contributed by atoms with Gasteiger partial charge in [-0.15, -0.1) is 3.77 Å². The standard InChI is InChI=1S/C16H17NO3S2/c1-12-4-8-15(9-5-12)22(20,17-21(3)19)16-10-6-14(7-11-16)13(2)18/h4-11H,1-3H3. The van der Waals surface area contributed by atoms with Gasteiger partial charge < -0.3 is 0 Å². The predicted molar refractivity (Wildman–Crippen MR) is 88.8 cm³/mol. The number of ketones is 1. The van der Waals surface area contributed by atoms with Gasteiger partial charge in [0.25, 0.3) is 0 Å². The first kappa shape index (κ1) is 16.6. The van der Waals surface area contributed by atoms with Crippen molar-refractivity contribution in [2.24, 2.45) is 3.77 Å². The van der Waals surface area contributed by atoms with E-state index in [2.05, 4.69) is 3.77 Å². The van der Waals surface area contributed by atoms with Gasteiger partial charge in [-0.2, -0.15) is 0 Å². The van der Waals surface area contributed by atoms with Crippen molar-refractivity contribution >= 4 is 26.5 Å². The van der Waals surface area contributed by atoms with Crippen LogP contribution in [0.2, 0.25) is 0 Å². The van der Waals surface area contributed by atoms with Crippen LogP contribution in [0.3, 0.4) is 0 Å². The van der Waals surface area contributed by atoms with Crippen molar-refractivity contribution in [2.75, 3.05) is 6.26 Å². The van der Waals surface area contributed by atoms with Crippen molar-refractivity contribution in [3.05, 3.63) is 59.7 Å².